The molecule has 0 unspecified atom stereocenters. The predicted molar refractivity (Wildman–Crippen MR) is 65.1 cm³/mol. The maximum atomic E-state index is 12.1. The predicted octanol–water partition coefficient (Wildman–Crippen LogP) is 1.44. The lowest BCUT2D eigenvalue weighted by Gasteiger charge is -1.99. The fourth-order valence-corrected chi connectivity index (χ4v) is 1.92. The Labute approximate surface area is 112 Å². The van der Waals surface area contributed by atoms with E-state index in [9.17, 15) is 4.79 Å². The highest BCUT2D eigenvalue weighted by Gasteiger charge is 2.30. The smallest absolute Gasteiger partial charge is 0.362 e. The van der Waals surface area contributed by atoms with Gasteiger partial charge >= 0.3 is 12.0 Å². The van der Waals surface area contributed by atoms with Crippen LogP contribution in [0.15, 0.2) is 23.1 Å². The molecule has 3 heterocycles. The molecule has 8 nitrogen and oxygen atoms in total. The van der Waals surface area contributed by atoms with E-state index in [1.807, 2.05) is 0 Å². The van der Waals surface area contributed by atoms with E-state index < -0.39 is 5.97 Å². The van der Waals surface area contributed by atoms with Crippen molar-refractivity contribution in [1.82, 2.24) is 25.3 Å². The van der Waals surface area contributed by atoms with Crippen LogP contribution in [0.1, 0.15) is 35.0 Å². The molecule has 0 bridgehead atoms. The Bertz CT molecular complexity index is 789. The number of esters is 1. The maximum absolute atomic E-state index is 12.1. The van der Waals surface area contributed by atoms with Gasteiger partial charge in [-0.25, -0.2) is 4.79 Å². The standard InChI is InChI=1S/C12H9N5O3/c18-11(8-3-13-5-9-7(8)4-14-16-9)19-12-15-10(20-17-12)6-1-2-6/h3-6H,1-2H2,(H,14,16). The average Bonchev–Trinajstić information content (AvgIpc) is 3.00. The summed E-state index contributed by atoms with van der Waals surface area (Å²) in [6, 6.07) is -0.0719. The molecular formula is C12H9N5O3. The van der Waals surface area contributed by atoms with E-state index >= 15 is 0 Å². The molecule has 3 aromatic rings. The Morgan fingerprint density at radius 3 is 3.10 bits per heavy atom. The summed E-state index contributed by atoms with van der Waals surface area (Å²) in [5.41, 5.74) is 0.959. The molecule has 0 aliphatic heterocycles. The van der Waals surface area contributed by atoms with Crippen LogP contribution in [0.25, 0.3) is 10.9 Å². The third-order valence-corrected chi connectivity index (χ3v) is 3.12. The van der Waals surface area contributed by atoms with Crippen LogP contribution in [0.3, 0.4) is 0 Å². The molecule has 4 rings (SSSR count). The van der Waals surface area contributed by atoms with E-state index in [4.69, 9.17) is 9.26 Å². The molecule has 1 fully saturated rings. The van der Waals surface area contributed by atoms with E-state index in [2.05, 4.69) is 25.3 Å². The zero-order valence-electron chi connectivity index (χ0n) is 10.2. The third-order valence-electron chi connectivity index (χ3n) is 3.12. The van der Waals surface area contributed by atoms with Gasteiger partial charge in [-0.2, -0.15) is 10.1 Å². The maximum Gasteiger partial charge on any atom is 0.362 e. The van der Waals surface area contributed by atoms with Crippen LogP contribution in [0.2, 0.25) is 0 Å². The summed E-state index contributed by atoms with van der Waals surface area (Å²) in [5.74, 6) is 0.244. The summed E-state index contributed by atoms with van der Waals surface area (Å²) < 4.78 is 10.1. The van der Waals surface area contributed by atoms with Gasteiger partial charge in [-0.1, -0.05) is 0 Å². The first-order valence-electron chi connectivity index (χ1n) is 6.14. The summed E-state index contributed by atoms with van der Waals surface area (Å²) in [5, 5.41) is 10.9. The van der Waals surface area contributed by atoms with Crippen molar-refractivity contribution in [3.8, 4) is 6.01 Å². The Hall–Kier alpha value is -2.77. The number of carbonyl (C=O) groups is 1. The lowest BCUT2D eigenvalue weighted by atomic mass is 10.2. The molecule has 0 atom stereocenters. The summed E-state index contributed by atoms with van der Waals surface area (Å²) >= 11 is 0. The lowest BCUT2D eigenvalue weighted by molar-refractivity contribution is 0.0716. The molecule has 1 aliphatic rings. The molecule has 1 N–H and O–H groups in total. The van der Waals surface area contributed by atoms with Crippen LogP contribution in [0.4, 0.5) is 0 Å². The number of nitrogens with one attached hydrogen (secondary N) is 1. The first-order chi connectivity index (χ1) is 9.81. The van der Waals surface area contributed by atoms with Crippen LogP contribution < -0.4 is 4.74 Å². The monoisotopic (exact) mass is 271 g/mol. The quantitative estimate of drug-likeness (QED) is 0.718. The molecular weight excluding hydrogens is 262 g/mol. The first-order valence-corrected chi connectivity index (χ1v) is 6.14. The molecule has 0 amide bonds. The molecule has 0 saturated heterocycles. The largest absolute Gasteiger partial charge is 0.385 e. The fourth-order valence-electron chi connectivity index (χ4n) is 1.92. The second-order valence-corrected chi connectivity index (χ2v) is 4.60. The summed E-state index contributed by atoms with van der Waals surface area (Å²) in [6.45, 7) is 0. The number of hydrogen-bond acceptors (Lipinski definition) is 7. The van der Waals surface area contributed by atoms with Gasteiger partial charge in [-0.15, -0.1) is 0 Å². The molecule has 0 aromatic carbocycles. The van der Waals surface area contributed by atoms with Crippen LogP contribution >= 0.6 is 0 Å². The number of nitrogens with zero attached hydrogens (tertiary/aromatic N) is 4. The van der Waals surface area contributed by atoms with E-state index in [0.29, 0.717) is 28.3 Å². The average molecular weight is 271 g/mol. The van der Waals surface area contributed by atoms with Crippen LogP contribution in [-0.2, 0) is 0 Å². The number of fused-ring (bicyclic) bond motifs is 1. The van der Waals surface area contributed by atoms with Crippen molar-refractivity contribution in [2.45, 2.75) is 18.8 Å². The number of hydrogen-bond donors (Lipinski definition) is 1. The minimum absolute atomic E-state index is 0.0719. The summed E-state index contributed by atoms with van der Waals surface area (Å²) in [6.07, 6.45) is 6.61. The Kier molecular flexibility index (Phi) is 2.28. The highest BCUT2D eigenvalue weighted by molar-refractivity contribution is 6.03. The van der Waals surface area contributed by atoms with Crippen molar-refractivity contribution in [2.75, 3.05) is 0 Å². The van der Waals surface area contributed by atoms with E-state index in [-0.39, 0.29) is 6.01 Å². The molecule has 100 valence electrons. The zero-order chi connectivity index (χ0) is 13.5. The van der Waals surface area contributed by atoms with Crippen LogP contribution in [-0.4, -0.2) is 31.3 Å². The molecule has 3 aromatic heterocycles. The van der Waals surface area contributed by atoms with Gasteiger partial charge in [0.2, 0.25) is 5.89 Å². The van der Waals surface area contributed by atoms with Crippen molar-refractivity contribution in [3.63, 3.8) is 0 Å². The normalized spacial score (nSPS) is 14.6. The van der Waals surface area contributed by atoms with Gasteiger partial charge in [0.05, 0.1) is 23.5 Å². The number of rotatable bonds is 3. The SMILES string of the molecule is O=C(Oc1noc(C2CC2)n1)c1cncc2[nH]ncc12. The lowest BCUT2D eigenvalue weighted by Crippen LogP contribution is -2.10. The fraction of sp³-hybridized carbons (Fsp3) is 0.250. The number of carbonyl (C=O) groups excluding carboxylic acids is 1. The minimum atomic E-state index is -0.590. The Morgan fingerprint density at radius 2 is 2.25 bits per heavy atom. The molecule has 1 saturated carbocycles. The van der Waals surface area contributed by atoms with E-state index in [0.717, 1.165) is 12.8 Å². The van der Waals surface area contributed by atoms with Gasteiger partial charge in [0.15, 0.2) is 0 Å². The summed E-state index contributed by atoms with van der Waals surface area (Å²) in [7, 11) is 0. The van der Waals surface area contributed by atoms with Crippen molar-refractivity contribution >= 4 is 16.9 Å². The number of aromatic amines is 1. The second kappa shape index (κ2) is 4.12. The van der Waals surface area contributed by atoms with Gasteiger partial charge in [0.1, 0.15) is 0 Å². The molecule has 0 radical (unpaired) electrons. The van der Waals surface area contributed by atoms with Crippen molar-refractivity contribution in [1.29, 1.82) is 0 Å². The second-order valence-electron chi connectivity index (χ2n) is 4.60. The highest BCUT2D eigenvalue weighted by Crippen LogP contribution is 2.39. The van der Waals surface area contributed by atoms with Gasteiger partial charge in [0, 0.05) is 17.5 Å². The molecule has 20 heavy (non-hydrogen) atoms. The molecule has 8 heteroatoms. The van der Waals surface area contributed by atoms with Crippen molar-refractivity contribution in [2.24, 2.45) is 0 Å². The summed E-state index contributed by atoms with van der Waals surface area (Å²) in [4.78, 5) is 20.1. The number of ether oxygens (including phenoxy) is 1. The van der Waals surface area contributed by atoms with Crippen LogP contribution in [0, 0.1) is 0 Å². The third kappa shape index (κ3) is 1.81. The van der Waals surface area contributed by atoms with Gasteiger partial charge < -0.3 is 9.26 Å². The Morgan fingerprint density at radius 1 is 1.35 bits per heavy atom. The van der Waals surface area contributed by atoms with Gasteiger partial charge in [-0.3, -0.25) is 10.1 Å². The number of H-pyrrole nitrogens is 1. The number of aromatic nitrogens is 5. The van der Waals surface area contributed by atoms with Crippen molar-refractivity contribution < 1.29 is 14.1 Å². The van der Waals surface area contributed by atoms with Gasteiger partial charge in [0.25, 0.3) is 0 Å². The molecule has 0 spiro atoms. The minimum Gasteiger partial charge on any atom is -0.385 e. The van der Waals surface area contributed by atoms with Crippen LogP contribution in [0.5, 0.6) is 6.01 Å². The van der Waals surface area contributed by atoms with Gasteiger partial charge in [-0.05, 0) is 18.0 Å². The molecule has 1 aliphatic carbocycles. The zero-order valence-corrected chi connectivity index (χ0v) is 10.2. The number of pyridine rings is 1. The van der Waals surface area contributed by atoms with E-state index in [1.54, 1.807) is 12.4 Å². The Balaban J connectivity index is 1.61. The topological polar surface area (TPSA) is 107 Å². The first kappa shape index (κ1) is 11.1. The highest BCUT2D eigenvalue weighted by atomic mass is 16.6. The van der Waals surface area contributed by atoms with Crippen molar-refractivity contribution in [3.05, 3.63) is 30.0 Å². The van der Waals surface area contributed by atoms with E-state index in [1.165, 1.54) is 6.20 Å².